The van der Waals surface area contributed by atoms with E-state index in [1.165, 1.54) is 10.8 Å². The molecule has 2 aromatic carbocycles. The molecule has 0 aliphatic carbocycles. The molecular weight excluding hydrogens is 256 g/mol. The van der Waals surface area contributed by atoms with Crippen LogP contribution in [0.1, 0.15) is 5.56 Å². The second-order valence-corrected chi connectivity index (χ2v) is 4.63. The molecule has 0 amide bonds. The number of hydrazone groups is 1. The van der Waals surface area contributed by atoms with Crippen molar-refractivity contribution in [3.8, 4) is 0 Å². The summed E-state index contributed by atoms with van der Waals surface area (Å²) in [5, 5.41) is 7.70. The van der Waals surface area contributed by atoms with Gasteiger partial charge in [-0.15, -0.1) is 0 Å². The van der Waals surface area contributed by atoms with Crippen molar-refractivity contribution < 1.29 is 0 Å². The Morgan fingerprint density at radius 1 is 1.26 bits per heavy atom. The smallest absolute Gasteiger partial charge is 0.184 e. The number of rotatable bonds is 2. The van der Waals surface area contributed by atoms with Gasteiger partial charge in [-0.05, 0) is 29.1 Å². The molecule has 0 fully saturated rings. The lowest BCUT2D eigenvalue weighted by atomic mass is 10.0. The molecule has 4 N–H and O–H groups in total. The van der Waals surface area contributed by atoms with Gasteiger partial charge >= 0.3 is 0 Å². The molecule has 0 radical (unpaired) electrons. The SMILES string of the molecule is NC(=S)NN=Cc1c[nH]c2ccc3ccccc3c12. The van der Waals surface area contributed by atoms with Gasteiger partial charge in [-0.1, -0.05) is 30.3 Å². The summed E-state index contributed by atoms with van der Waals surface area (Å²) in [5.41, 5.74) is 9.97. The molecule has 0 aliphatic rings. The van der Waals surface area contributed by atoms with Crippen LogP contribution < -0.4 is 11.2 Å². The van der Waals surface area contributed by atoms with Crippen LogP contribution in [0.3, 0.4) is 0 Å². The minimum atomic E-state index is 0.154. The van der Waals surface area contributed by atoms with E-state index in [2.05, 4.69) is 39.8 Å². The van der Waals surface area contributed by atoms with Gasteiger partial charge in [0.1, 0.15) is 0 Å². The van der Waals surface area contributed by atoms with Crippen molar-refractivity contribution in [2.24, 2.45) is 10.8 Å². The van der Waals surface area contributed by atoms with E-state index >= 15 is 0 Å². The van der Waals surface area contributed by atoms with Gasteiger partial charge in [0, 0.05) is 22.7 Å². The highest BCUT2D eigenvalue weighted by Gasteiger charge is 2.05. The molecule has 0 unspecified atom stereocenters. The van der Waals surface area contributed by atoms with Crippen LogP contribution in [0.25, 0.3) is 21.7 Å². The number of H-pyrrole nitrogens is 1. The van der Waals surface area contributed by atoms with Gasteiger partial charge in [0.25, 0.3) is 0 Å². The number of hydrogen-bond donors (Lipinski definition) is 3. The van der Waals surface area contributed by atoms with Crippen LogP contribution in [0.2, 0.25) is 0 Å². The molecule has 4 nitrogen and oxygen atoms in total. The van der Waals surface area contributed by atoms with Crippen LogP contribution >= 0.6 is 12.2 Å². The molecule has 0 spiro atoms. The number of nitrogens with two attached hydrogens (primary N) is 1. The Kier molecular flexibility index (Phi) is 2.89. The maximum absolute atomic E-state index is 5.33. The Labute approximate surface area is 115 Å². The van der Waals surface area contributed by atoms with Crippen LogP contribution in [-0.4, -0.2) is 16.3 Å². The number of fused-ring (bicyclic) bond motifs is 3. The average molecular weight is 268 g/mol. The zero-order chi connectivity index (χ0) is 13.2. The summed E-state index contributed by atoms with van der Waals surface area (Å²) < 4.78 is 0. The Bertz CT molecular complexity index is 788. The minimum absolute atomic E-state index is 0.154. The first kappa shape index (κ1) is 11.7. The van der Waals surface area contributed by atoms with E-state index in [1.807, 2.05) is 18.3 Å². The first-order valence-corrected chi connectivity index (χ1v) is 6.24. The molecule has 1 aromatic heterocycles. The number of thiocarbonyl (C=S) groups is 1. The van der Waals surface area contributed by atoms with E-state index in [4.69, 9.17) is 18.0 Å². The van der Waals surface area contributed by atoms with E-state index in [9.17, 15) is 0 Å². The Hall–Kier alpha value is -2.40. The van der Waals surface area contributed by atoms with Gasteiger partial charge in [-0.2, -0.15) is 5.10 Å². The third-order valence-electron chi connectivity index (χ3n) is 2.98. The molecule has 3 aromatic rings. The van der Waals surface area contributed by atoms with Gasteiger partial charge in [0.15, 0.2) is 5.11 Å². The molecule has 3 rings (SSSR count). The van der Waals surface area contributed by atoms with Crippen molar-refractivity contribution in [3.05, 3.63) is 48.2 Å². The summed E-state index contributed by atoms with van der Waals surface area (Å²) in [7, 11) is 0. The fraction of sp³-hybridized carbons (Fsp3) is 0. The van der Waals surface area contributed by atoms with Crippen molar-refractivity contribution >= 4 is 45.2 Å². The normalized spacial score (nSPS) is 11.4. The van der Waals surface area contributed by atoms with Crippen LogP contribution in [0.4, 0.5) is 0 Å². The largest absolute Gasteiger partial charge is 0.375 e. The molecule has 5 heteroatoms. The number of nitrogens with zero attached hydrogens (tertiary/aromatic N) is 1. The molecule has 0 saturated heterocycles. The van der Waals surface area contributed by atoms with E-state index in [-0.39, 0.29) is 5.11 Å². The quantitative estimate of drug-likeness (QED) is 0.380. The molecule has 19 heavy (non-hydrogen) atoms. The highest BCUT2D eigenvalue weighted by atomic mass is 32.1. The summed E-state index contributed by atoms with van der Waals surface area (Å²) in [5.74, 6) is 0. The molecular formula is C14H12N4S. The first-order valence-electron chi connectivity index (χ1n) is 5.83. The minimum Gasteiger partial charge on any atom is -0.375 e. The Morgan fingerprint density at radius 3 is 2.95 bits per heavy atom. The third kappa shape index (κ3) is 2.15. The monoisotopic (exact) mass is 268 g/mol. The van der Waals surface area contributed by atoms with Crippen LogP contribution in [0.5, 0.6) is 0 Å². The van der Waals surface area contributed by atoms with Gasteiger partial charge in [0.05, 0.1) is 6.21 Å². The zero-order valence-corrected chi connectivity index (χ0v) is 10.9. The predicted molar refractivity (Wildman–Crippen MR) is 83.3 cm³/mol. The maximum atomic E-state index is 5.33. The van der Waals surface area contributed by atoms with Gasteiger partial charge in [0.2, 0.25) is 0 Å². The second kappa shape index (κ2) is 4.70. The number of benzene rings is 2. The summed E-state index contributed by atoms with van der Waals surface area (Å²) in [4.78, 5) is 3.24. The summed E-state index contributed by atoms with van der Waals surface area (Å²) in [6.45, 7) is 0. The first-order chi connectivity index (χ1) is 9.25. The topological polar surface area (TPSA) is 66.2 Å². The average Bonchev–Trinajstić information content (AvgIpc) is 2.82. The molecule has 0 atom stereocenters. The lowest BCUT2D eigenvalue weighted by Crippen LogP contribution is -2.23. The summed E-state index contributed by atoms with van der Waals surface area (Å²) in [6.07, 6.45) is 3.63. The van der Waals surface area contributed by atoms with Crippen LogP contribution in [0, 0.1) is 0 Å². The van der Waals surface area contributed by atoms with Crippen LogP contribution in [-0.2, 0) is 0 Å². The fourth-order valence-corrected chi connectivity index (χ4v) is 2.25. The fourth-order valence-electron chi connectivity index (χ4n) is 2.20. The van der Waals surface area contributed by atoms with Gasteiger partial charge < -0.3 is 10.7 Å². The van der Waals surface area contributed by atoms with E-state index in [0.29, 0.717) is 0 Å². The standard InChI is InChI=1S/C14H12N4S/c15-14(19)18-17-8-10-7-16-12-6-5-9-3-1-2-4-11(9)13(10)12/h1-8,16H,(H3,15,18,19). The number of aromatic amines is 1. The maximum Gasteiger partial charge on any atom is 0.184 e. The lowest BCUT2D eigenvalue weighted by Gasteiger charge is -2.00. The number of nitrogens with one attached hydrogen (secondary N) is 2. The van der Waals surface area contributed by atoms with Crippen molar-refractivity contribution in [1.82, 2.24) is 10.4 Å². The second-order valence-electron chi connectivity index (χ2n) is 4.19. The highest BCUT2D eigenvalue weighted by molar-refractivity contribution is 7.80. The van der Waals surface area contributed by atoms with E-state index in [0.717, 1.165) is 16.5 Å². The Morgan fingerprint density at radius 2 is 2.11 bits per heavy atom. The van der Waals surface area contributed by atoms with Crippen molar-refractivity contribution in [1.29, 1.82) is 0 Å². The highest BCUT2D eigenvalue weighted by Crippen LogP contribution is 2.26. The van der Waals surface area contributed by atoms with Crippen LogP contribution in [0.15, 0.2) is 47.7 Å². The van der Waals surface area contributed by atoms with E-state index in [1.54, 1.807) is 6.21 Å². The molecule has 1 heterocycles. The number of hydrogen-bond acceptors (Lipinski definition) is 2. The van der Waals surface area contributed by atoms with Gasteiger partial charge in [-0.3, -0.25) is 5.43 Å². The number of aromatic nitrogens is 1. The lowest BCUT2D eigenvalue weighted by molar-refractivity contribution is 1.04. The predicted octanol–water partition coefficient (Wildman–Crippen LogP) is 2.49. The third-order valence-corrected chi connectivity index (χ3v) is 3.07. The van der Waals surface area contributed by atoms with Crippen molar-refractivity contribution in [2.75, 3.05) is 0 Å². The molecule has 0 saturated carbocycles. The summed E-state index contributed by atoms with van der Waals surface area (Å²) in [6, 6.07) is 12.4. The van der Waals surface area contributed by atoms with Gasteiger partial charge in [-0.25, -0.2) is 0 Å². The van der Waals surface area contributed by atoms with Crippen molar-refractivity contribution in [3.63, 3.8) is 0 Å². The summed E-state index contributed by atoms with van der Waals surface area (Å²) >= 11 is 4.71. The zero-order valence-electron chi connectivity index (χ0n) is 10.1. The molecule has 0 aliphatic heterocycles. The van der Waals surface area contributed by atoms with Crippen molar-refractivity contribution in [2.45, 2.75) is 0 Å². The molecule has 94 valence electrons. The van der Waals surface area contributed by atoms with E-state index < -0.39 is 0 Å². The molecule has 0 bridgehead atoms. The Balaban J connectivity index is 2.17.